The highest BCUT2D eigenvalue weighted by atomic mass is 16.5. The Morgan fingerprint density at radius 1 is 1.04 bits per heavy atom. The first-order chi connectivity index (χ1) is 12.9. The van der Waals surface area contributed by atoms with E-state index < -0.39 is 5.97 Å². The number of hydrogen-bond donors (Lipinski definition) is 0. The topological polar surface area (TPSA) is 59.5 Å². The third-order valence-corrected chi connectivity index (χ3v) is 4.42. The van der Waals surface area contributed by atoms with Crippen LogP contribution in [0.15, 0.2) is 48.5 Å². The van der Waals surface area contributed by atoms with Crippen LogP contribution in [0.3, 0.4) is 0 Å². The molecule has 0 aliphatic carbocycles. The Labute approximate surface area is 158 Å². The molecule has 138 valence electrons. The highest BCUT2D eigenvalue weighted by Crippen LogP contribution is 2.28. The molecule has 1 amide bonds. The van der Waals surface area contributed by atoms with Gasteiger partial charge in [-0.3, -0.25) is 4.79 Å². The van der Waals surface area contributed by atoms with E-state index in [1.54, 1.807) is 20.2 Å². The van der Waals surface area contributed by atoms with E-state index in [1.165, 1.54) is 10.5 Å². The third-order valence-electron chi connectivity index (χ3n) is 4.42. The molecule has 0 spiro atoms. The Bertz CT molecular complexity index is 1030. The minimum absolute atomic E-state index is 0.267. The van der Waals surface area contributed by atoms with Gasteiger partial charge in [-0.2, -0.15) is 0 Å². The Kier molecular flexibility index (Phi) is 5.21. The smallest absolute Gasteiger partial charge is 0.339 e. The second-order valence-corrected chi connectivity index (χ2v) is 6.75. The van der Waals surface area contributed by atoms with Crippen LogP contribution >= 0.6 is 0 Å². The number of nitrogens with zero attached hydrogens (tertiary/aromatic N) is 2. The number of amides is 1. The van der Waals surface area contributed by atoms with E-state index in [-0.39, 0.29) is 12.5 Å². The molecule has 1 aromatic heterocycles. The molecular formula is C22H22N2O3. The second kappa shape index (κ2) is 7.58. The van der Waals surface area contributed by atoms with Crippen molar-refractivity contribution in [3.05, 3.63) is 65.2 Å². The molecule has 27 heavy (non-hydrogen) atoms. The van der Waals surface area contributed by atoms with E-state index in [9.17, 15) is 9.59 Å². The molecule has 1 heterocycles. The minimum atomic E-state index is -0.533. The number of carbonyl (C=O) groups is 2. The molecule has 0 atom stereocenters. The van der Waals surface area contributed by atoms with Gasteiger partial charge in [-0.05, 0) is 31.5 Å². The number of carbonyl (C=O) groups excluding carboxylic acids is 2. The van der Waals surface area contributed by atoms with Crippen LogP contribution in [-0.4, -0.2) is 42.5 Å². The molecule has 0 bridgehead atoms. The summed E-state index contributed by atoms with van der Waals surface area (Å²) in [5.74, 6) is -0.800. The quantitative estimate of drug-likeness (QED) is 0.663. The van der Waals surface area contributed by atoms with Crippen LogP contribution < -0.4 is 0 Å². The van der Waals surface area contributed by atoms with Gasteiger partial charge < -0.3 is 9.64 Å². The molecule has 3 rings (SSSR count). The van der Waals surface area contributed by atoms with Crippen LogP contribution in [0.5, 0.6) is 0 Å². The number of esters is 1. The fourth-order valence-corrected chi connectivity index (χ4v) is 2.92. The predicted octanol–water partition coefficient (Wildman–Crippen LogP) is 3.76. The Morgan fingerprint density at radius 3 is 2.48 bits per heavy atom. The molecule has 5 heteroatoms. The van der Waals surface area contributed by atoms with Gasteiger partial charge >= 0.3 is 5.97 Å². The number of fused-ring (bicyclic) bond motifs is 1. The van der Waals surface area contributed by atoms with E-state index in [0.717, 1.165) is 11.1 Å². The normalized spacial score (nSPS) is 10.7. The highest BCUT2D eigenvalue weighted by molar-refractivity contribution is 6.05. The second-order valence-electron chi connectivity index (χ2n) is 6.75. The number of rotatable bonds is 4. The number of likely N-dealkylation sites (N-methyl/N-ethyl adjacent to an activating group) is 1. The molecule has 0 saturated heterocycles. The molecule has 3 aromatic rings. The van der Waals surface area contributed by atoms with Gasteiger partial charge in [0.25, 0.3) is 5.91 Å². The molecule has 0 aliphatic rings. The summed E-state index contributed by atoms with van der Waals surface area (Å²) in [6.45, 7) is 3.77. The molecule has 0 unspecified atom stereocenters. The maximum Gasteiger partial charge on any atom is 0.339 e. The zero-order valence-electron chi connectivity index (χ0n) is 15.9. The molecule has 0 N–H and O–H groups in total. The van der Waals surface area contributed by atoms with Crippen LogP contribution in [0, 0.1) is 13.8 Å². The summed E-state index contributed by atoms with van der Waals surface area (Å²) < 4.78 is 5.24. The van der Waals surface area contributed by atoms with Crippen molar-refractivity contribution >= 4 is 22.8 Å². The largest absolute Gasteiger partial charge is 0.452 e. The number of hydrogen-bond acceptors (Lipinski definition) is 4. The summed E-state index contributed by atoms with van der Waals surface area (Å²) in [5.41, 5.74) is 5.03. The predicted molar refractivity (Wildman–Crippen MR) is 106 cm³/mol. The number of benzene rings is 2. The fourth-order valence-electron chi connectivity index (χ4n) is 2.92. The minimum Gasteiger partial charge on any atom is -0.452 e. The number of ether oxygens (including phenoxy) is 1. The molecule has 5 nitrogen and oxygen atoms in total. The van der Waals surface area contributed by atoms with Crippen LogP contribution in [-0.2, 0) is 9.53 Å². The fraction of sp³-hybridized carbons (Fsp3) is 0.227. The van der Waals surface area contributed by atoms with Gasteiger partial charge in [0.05, 0.1) is 16.8 Å². The summed E-state index contributed by atoms with van der Waals surface area (Å²) in [6.07, 6.45) is 0. The summed E-state index contributed by atoms with van der Waals surface area (Å²) >= 11 is 0. The Balaban J connectivity index is 2.06. The van der Waals surface area contributed by atoms with E-state index in [1.807, 2.05) is 50.2 Å². The van der Waals surface area contributed by atoms with Crippen LogP contribution in [0.25, 0.3) is 22.2 Å². The van der Waals surface area contributed by atoms with Crippen molar-refractivity contribution in [3.8, 4) is 11.3 Å². The van der Waals surface area contributed by atoms with E-state index in [0.29, 0.717) is 22.2 Å². The van der Waals surface area contributed by atoms with Gasteiger partial charge in [0, 0.05) is 25.0 Å². The standard InChI is InChI=1S/C22H22N2O3/c1-14-9-10-16(15(2)11-14)20-12-18(17-7-5-6-8-19(17)23-20)22(26)27-13-21(25)24(3)4/h5-12H,13H2,1-4H3. The average Bonchev–Trinajstić information content (AvgIpc) is 2.64. The summed E-state index contributed by atoms with van der Waals surface area (Å²) in [5, 5.41) is 0.702. The van der Waals surface area contributed by atoms with E-state index in [2.05, 4.69) is 6.07 Å². The van der Waals surface area contributed by atoms with Crippen molar-refractivity contribution in [2.75, 3.05) is 20.7 Å². The highest BCUT2D eigenvalue weighted by Gasteiger charge is 2.17. The lowest BCUT2D eigenvalue weighted by molar-refractivity contribution is -0.131. The number of para-hydroxylation sites is 1. The number of pyridine rings is 1. The first kappa shape index (κ1) is 18.6. The number of aryl methyl sites for hydroxylation is 2. The lowest BCUT2D eigenvalue weighted by Crippen LogP contribution is -2.27. The molecule has 2 aromatic carbocycles. The lowest BCUT2D eigenvalue weighted by atomic mass is 9.99. The van der Waals surface area contributed by atoms with Crippen molar-refractivity contribution in [1.82, 2.24) is 9.88 Å². The Hall–Kier alpha value is -3.21. The van der Waals surface area contributed by atoms with Crippen LogP contribution in [0.4, 0.5) is 0 Å². The summed E-state index contributed by atoms with van der Waals surface area (Å²) in [7, 11) is 3.24. The number of aromatic nitrogens is 1. The van der Waals surface area contributed by atoms with Gasteiger partial charge in [0.15, 0.2) is 6.61 Å². The van der Waals surface area contributed by atoms with Crippen molar-refractivity contribution in [1.29, 1.82) is 0 Å². The van der Waals surface area contributed by atoms with E-state index in [4.69, 9.17) is 9.72 Å². The monoisotopic (exact) mass is 362 g/mol. The van der Waals surface area contributed by atoms with Crippen LogP contribution in [0.1, 0.15) is 21.5 Å². The maximum absolute atomic E-state index is 12.7. The van der Waals surface area contributed by atoms with Crippen molar-refractivity contribution in [2.24, 2.45) is 0 Å². The molecule has 0 radical (unpaired) electrons. The van der Waals surface area contributed by atoms with Crippen molar-refractivity contribution in [3.63, 3.8) is 0 Å². The molecule has 0 fully saturated rings. The summed E-state index contributed by atoms with van der Waals surface area (Å²) in [4.78, 5) is 30.5. The first-order valence-corrected chi connectivity index (χ1v) is 8.71. The van der Waals surface area contributed by atoms with Gasteiger partial charge in [0.2, 0.25) is 0 Å². The van der Waals surface area contributed by atoms with Crippen molar-refractivity contribution < 1.29 is 14.3 Å². The molecule has 0 aliphatic heterocycles. The van der Waals surface area contributed by atoms with Gasteiger partial charge in [0.1, 0.15) is 0 Å². The van der Waals surface area contributed by atoms with Gasteiger partial charge in [-0.15, -0.1) is 0 Å². The first-order valence-electron chi connectivity index (χ1n) is 8.71. The van der Waals surface area contributed by atoms with Gasteiger partial charge in [-0.25, -0.2) is 9.78 Å². The van der Waals surface area contributed by atoms with E-state index >= 15 is 0 Å². The summed E-state index contributed by atoms with van der Waals surface area (Å²) in [6, 6.07) is 15.3. The Morgan fingerprint density at radius 2 is 1.78 bits per heavy atom. The third kappa shape index (κ3) is 3.97. The zero-order valence-corrected chi connectivity index (χ0v) is 15.9. The zero-order chi connectivity index (χ0) is 19.6. The van der Waals surface area contributed by atoms with Crippen molar-refractivity contribution in [2.45, 2.75) is 13.8 Å². The van der Waals surface area contributed by atoms with Gasteiger partial charge in [-0.1, -0.05) is 42.0 Å². The average molecular weight is 362 g/mol. The lowest BCUT2D eigenvalue weighted by Gasteiger charge is -2.13. The van der Waals surface area contributed by atoms with Crippen LogP contribution in [0.2, 0.25) is 0 Å². The molecule has 0 saturated carbocycles. The SMILES string of the molecule is Cc1ccc(-c2cc(C(=O)OCC(=O)N(C)C)c3ccccc3n2)c(C)c1. The maximum atomic E-state index is 12.7. The molecular weight excluding hydrogens is 340 g/mol.